The van der Waals surface area contributed by atoms with Crippen molar-refractivity contribution in [3.05, 3.63) is 0 Å². The molecule has 0 saturated carbocycles. The molecule has 72 valence electrons. The molecule has 0 bridgehead atoms. The smallest absolute Gasteiger partial charge is 0.0207 e. The van der Waals surface area contributed by atoms with Crippen LogP contribution in [0.5, 0.6) is 0 Å². The first-order valence-electron chi connectivity index (χ1n) is 5.32. The third kappa shape index (κ3) is 3.11. The van der Waals surface area contributed by atoms with Gasteiger partial charge in [-0.2, -0.15) is 0 Å². The molecule has 2 nitrogen and oxygen atoms in total. The molecule has 1 unspecified atom stereocenters. The van der Waals surface area contributed by atoms with Gasteiger partial charge < -0.3 is 10.2 Å². The third-order valence-corrected chi connectivity index (χ3v) is 2.50. The van der Waals surface area contributed by atoms with Crippen LogP contribution in [0.1, 0.15) is 33.1 Å². The first kappa shape index (κ1) is 10.0. The van der Waals surface area contributed by atoms with E-state index in [1.54, 1.807) is 0 Å². The lowest BCUT2D eigenvalue weighted by Crippen LogP contribution is -2.33. The molecule has 0 aromatic carbocycles. The Labute approximate surface area is 76.3 Å². The molecule has 1 saturated heterocycles. The van der Waals surface area contributed by atoms with Gasteiger partial charge >= 0.3 is 0 Å². The molecule has 1 heterocycles. The first-order chi connectivity index (χ1) is 5.86. The second-order valence-electron chi connectivity index (χ2n) is 3.74. The molecule has 0 aromatic heterocycles. The summed E-state index contributed by atoms with van der Waals surface area (Å²) in [6, 6.07) is 0.775. The lowest BCUT2D eigenvalue weighted by molar-refractivity contribution is 0.328. The normalized spacial score (nSPS) is 25.0. The number of likely N-dealkylation sites (tertiary alicyclic amines) is 1. The van der Waals surface area contributed by atoms with Gasteiger partial charge in [0.15, 0.2) is 0 Å². The molecule has 0 aliphatic carbocycles. The minimum absolute atomic E-state index is 0.775. The van der Waals surface area contributed by atoms with Gasteiger partial charge in [-0.15, -0.1) is 0 Å². The molecular formula is C10H22N2. The van der Waals surface area contributed by atoms with Crippen molar-refractivity contribution in [2.45, 2.75) is 39.2 Å². The molecule has 0 aromatic rings. The van der Waals surface area contributed by atoms with Crippen LogP contribution in [-0.2, 0) is 0 Å². The van der Waals surface area contributed by atoms with E-state index in [9.17, 15) is 0 Å². The maximum absolute atomic E-state index is 3.58. The molecular weight excluding hydrogens is 148 g/mol. The molecule has 1 fully saturated rings. The number of hydrogen-bond donors (Lipinski definition) is 1. The molecule has 1 aliphatic heterocycles. The fourth-order valence-electron chi connectivity index (χ4n) is 1.87. The lowest BCUT2D eigenvalue weighted by Gasteiger charge is -2.15. The third-order valence-electron chi connectivity index (χ3n) is 2.50. The van der Waals surface area contributed by atoms with E-state index in [-0.39, 0.29) is 0 Å². The summed E-state index contributed by atoms with van der Waals surface area (Å²) in [7, 11) is 0. The van der Waals surface area contributed by atoms with E-state index in [4.69, 9.17) is 0 Å². The van der Waals surface area contributed by atoms with E-state index in [2.05, 4.69) is 24.1 Å². The standard InChI is InChI=1S/C10H22N2/c1-3-6-11-10-5-8-12(9-10)7-4-2/h10-11H,3-9H2,1-2H3. The van der Waals surface area contributed by atoms with Gasteiger partial charge in [0, 0.05) is 12.6 Å². The van der Waals surface area contributed by atoms with Crippen LogP contribution < -0.4 is 5.32 Å². The zero-order valence-corrected chi connectivity index (χ0v) is 8.47. The van der Waals surface area contributed by atoms with Crippen molar-refractivity contribution in [3.63, 3.8) is 0 Å². The van der Waals surface area contributed by atoms with E-state index in [0.717, 1.165) is 6.04 Å². The van der Waals surface area contributed by atoms with Crippen LogP contribution >= 0.6 is 0 Å². The van der Waals surface area contributed by atoms with Crippen LogP contribution in [0.3, 0.4) is 0 Å². The average Bonchev–Trinajstić information content (AvgIpc) is 2.50. The fourth-order valence-corrected chi connectivity index (χ4v) is 1.87. The molecule has 2 heteroatoms. The minimum Gasteiger partial charge on any atom is -0.313 e. The Morgan fingerprint density at radius 3 is 2.83 bits per heavy atom. The highest BCUT2D eigenvalue weighted by molar-refractivity contribution is 4.80. The Morgan fingerprint density at radius 1 is 1.33 bits per heavy atom. The summed E-state index contributed by atoms with van der Waals surface area (Å²) in [4.78, 5) is 2.56. The Morgan fingerprint density at radius 2 is 2.17 bits per heavy atom. The van der Waals surface area contributed by atoms with Crippen molar-refractivity contribution in [1.29, 1.82) is 0 Å². The van der Waals surface area contributed by atoms with Crippen molar-refractivity contribution in [3.8, 4) is 0 Å². The van der Waals surface area contributed by atoms with E-state index >= 15 is 0 Å². The van der Waals surface area contributed by atoms with Gasteiger partial charge in [-0.1, -0.05) is 13.8 Å². The summed E-state index contributed by atoms with van der Waals surface area (Å²) in [6.07, 6.45) is 3.89. The largest absolute Gasteiger partial charge is 0.313 e. The number of hydrogen-bond acceptors (Lipinski definition) is 2. The summed E-state index contributed by atoms with van der Waals surface area (Å²) in [5.41, 5.74) is 0. The summed E-state index contributed by atoms with van der Waals surface area (Å²) in [5.74, 6) is 0. The van der Waals surface area contributed by atoms with Crippen LogP contribution in [0.2, 0.25) is 0 Å². The second-order valence-corrected chi connectivity index (χ2v) is 3.74. The van der Waals surface area contributed by atoms with Crippen LogP contribution in [0.4, 0.5) is 0 Å². The topological polar surface area (TPSA) is 15.3 Å². The summed E-state index contributed by atoms with van der Waals surface area (Å²) >= 11 is 0. The van der Waals surface area contributed by atoms with E-state index in [0.29, 0.717) is 0 Å². The van der Waals surface area contributed by atoms with Gasteiger partial charge in [-0.3, -0.25) is 0 Å². The molecule has 12 heavy (non-hydrogen) atoms. The van der Waals surface area contributed by atoms with Crippen LogP contribution in [0.25, 0.3) is 0 Å². The Bertz CT molecular complexity index is 114. The number of nitrogens with one attached hydrogen (secondary N) is 1. The van der Waals surface area contributed by atoms with Gasteiger partial charge in [0.05, 0.1) is 0 Å². The van der Waals surface area contributed by atoms with E-state index in [1.807, 2.05) is 0 Å². The average molecular weight is 170 g/mol. The first-order valence-corrected chi connectivity index (χ1v) is 5.32. The van der Waals surface area contributed by atoms with Gasteiger partial charge in [0.25, 0.3) is 0 Å². The molecule has 1 atom stereocenters. The van der Waals surface area contributed by atoms with Crippen LogP contribution in [0.15, 0.2) is 0 Å². The van der Waals surface area contributed by atoms with E-state index in [1.165, 1.54) is 45.4 Å². The van der Waals surface area contributed by atoms with Gasteiger partial charge in [-0.25, -0.2) is 0 Å². The van der Waals surface area contributed by atoms with Crippen LogP contribution in [0, 0.1) is 0 Å². The second kappa shape index (κ2) is 5.55. The fraction of sp³-hybridized carbons (Fsp3) is 1.00. The van der Waals surface area contributed by atoms with Gasteiger partial charge in [0.1, 0.15) is 0 Å². The summed E-state index contributed by atoms with van der Waals surface area (Å²) in [6.45, 7) is 9.52. The molecule has 1 N–H and O–H groups in total. The van der Waals surface area contributed by atoms with E-state index < -0.39 is 0 Å². The zero-order valence-electron chi connectivity index (χ0n) is 8.47. The van der Waals surface area contributed by atoms with Crippen molar-refractivity contribution in [2.75, 3.05) is 26.2 Å². The van der Waals surface area contributed by atoms with Crippen molar-refractivity contribution in [2.24, 2.45) is 0 Å². The minimum atomic E-state index is 0.775. The van der Waals surface area contributed by atoms with Gasteiger partial charge in [-0.05, 0) is 38.9 Å². The Kier molecular flexibility index (Phi) is 4.62. The molecule has 1 aliphatic rings. The van der Waals surface area contributed by atoms with Crippen molar-refractivity contribution in [1.82, 2.24) is 10.2 Å². The maximum Gasteiger partial charge on any atom is 0.0207 e. The Hall–Kier alpha value is -0.0800. The van der Waals surface area contributed by atoms with Crippen molar-refractivity contribution < 1.29 is 0 Å². The maximum atomic E-state index is 3.58. The molecule has 0 amide bonds. The van der Waals surface area contributed by atoms with Crippen LogP contribution in [-0.4, -0.2) is 37.1 Å². The number of rotatable bonds is 5. The highest BCUT2D eigenvalue weighted by Crippen LogP contribution is 2.08. The molecule has 0 radical (unpaired) electrons. The predicted octanol–water partition coefficient (Wildman–Crippen LogP) is 1.47. The highest BCUT2D eigenvalue weighted by Gasteiger charge is 2.20. The zero-order chi connectivity index (χ0) is 8.81. The van der Waals surface area contributed by atoms with Gasteiger partial charge in [0.2, 0.25) is 0 Å². The lowest BCUT2D eigenvalue weighted by atomic mass is 10.2. The summed E-state index contributed by atoms with van der Waals surface area (Å²) < 4.78 is 0. The monoisotopic (exact) mass is 170 g/mol. The molecule has 1 rings (SSSR count). The van der Waals surface area contributed by atoms with Crippen molar-refractivity contribution >= 4 is 0 Å². The quantitative estimate of drug-likeness (QED) is 0.672. The summed E-state index contributed by atoms with van der Waals surface area (Å²) in [5, 5.41) is 3.58. The predicted molar refractivity (Wildman–Crippen MR) is 53.4 cm³/mol. The SMILES string of the molecule is CCCNC1CCN(CCC)C1. The number of nitrogens with zero attached hydrogens (tertiary/aromatic N) is 1. The molecule has 0 spiro atoms. The highest BCUT2D eigenvalue weighted by atomic mass is 15.2. The Balaban J connectivity index is 2.08.